The van der Waals surface area contributed by atoms with Crippen molar-refractivity contribution in [2.75, 3.05) is 6.61 Å². The molecule has 0 saturated carbocycles. The quantitative estimate of drug-likeness (QED) is 0.419. The standard InChI is InChI=1S/C16H16FNO4.ClH/c1-11-15(20)14(19)7-9-18(11)8-2-10-22-16(21)12-3-5-13(17)6-4-12;/h3-7,9,20H,2,8,10H2,1H3;1H. The number of rotatable bonds is 5. The van der Waals surface area contributed by atoms with Crippen molar-refractivity contribution in [3.63, 3.8) is 0 Å². The van der Waals surface area contributed by atoms with Gasteiger partial charge in [0.2, 0.25) is 11.4 Å². The molecular formula is C16H17ClFNO4. The van der Waals surface area contributed by atoms with Gasteiger partial charge in [-0.15, -0.1) is 0 Å². The molecule has 0 radical (unpaired) electrons. The molecule has 23 heavy (non-hydrogen) atoms. The fraction of sp³-hybridized carbons (Fsp3) is 0.250. The molecule has 0 spiro atoms. The second kappa shape index (κ2) is 8.33. The van der Waals surface area contributed by atoms with E-state index in [0.717, 1.165) is 0 Å². The summed E-state index contributed by atoms with van der Waals surface area (Å²) in [5, 5.41) is 19.0. The average molecular weight is 342 g/mol. The Labute approximate surface area is 139 Å². The number of ether oxygens (including phenoxy) is 1. The van der Waals surface area contributed by atoms with Gasteiger partial charge in [0.05, 0.1) is 12.2 Å². The van der Waals surface area contributed by atoms with Crippen LogP contribution in [0.15, 0.2) is 36.5 Å². The van der Waals surface area contributed by atoms with Gasteiger partial charge in [-0.05, 0) is 24.3 Å². The number of aryl methyl sites for hydroxylation is 1. The fourth-order valence-electron chi connectivity index (χ4n) is 1.98. The molecule has 5 nitrogen and oxygen atoms in total. The van der Waals surface area contributed by atoms with E-state index in [-0.39, 0.29) is 30.5 Å². The van der Waals surface area contributed by atoms with Crippen molar-refractivity contribution in [3.8, 4) is 11.5 Å². The minimum Gasteiger partial charge on any atom is -1.00 e. The van der Waals surface area contributed by atoms with Crippen LogP contribution in [0.4, 0.5) is 4.39 Å². The molecule has 0 saturated heterocycles. The third kappa shape index (κ3) is 4.82. The third-order valence-corrected chi connectivity index (χ3v) is 3.28. The van der Waals surface area contributed by atoms with Gasteiger partial charge in [-0.2, -0.15) is 4.57 Å². The van der Waals surface area contributed by atoms with Crippen molar-refractivity contribution in [2.45, 2.75) is 19.9 Å². The van der Waals surface area contributed by atoms with Crippen molar-refractivity contribution < 1.29 is 41.1 Å². The number of hydrogen-bond donors (Lipinski definition) is 2. The van der Waals surface area contributed by atoms with Gasteiger partial charge in [0.15, 0.2) is 18.5 Å². The second-order valence-electron chi connectivity index (χ2n) is 4.82. The topological polar surface area (TPSA) is 70.6 Å². The van der Waals surface area contributed by atoms with Crippen molar-refractivity contribution in [2.24, 2.45) is 0 Å². The molecule has 2 aromatic rings. The van der Waals surface area contributed by atoms with E-state index in [4.69, 9.17) is 4.74 Å². The average Bonchev–Trinajstić information content (AvgIpc) is 2.51. The highest BCUT2D eigenvalue weighted by molar-refractivity contribution is 5.89. The molecule has 124 valence electrons. The van der Waals surface area contributed by atoms with Crippen LogP contribution in [-0.4, -0.2) is 22.8 Å². The van der Waals surface area contributed by atoms with Crippen LogP contribution >= 0.6 is 0 Å². The molecule has 0 aliphatic carbocycles. The smallest absolute Gasteiger partial charge is 0.338 e. The molecular weight excluding hydrogens is 325 g/mol. The summed E-state index contributed by atoms with van der Waals surface area (Å²) in [4.78, 5) is 11.7. The van der Waals surface area contributed by atoms with Gasteiger partial charge in [0.1, 0.15) is 5.82 Å². The summed E-state index contributed by atoms with van der Waals surface area (Å²) in [5.74, 6) is -1.24. The highest BCUT2D eigenvalue weighted by atomic mass is 35.5. The van der Waals surface area contributed by atoms with Gasteiger partial charge in [0, 0.05) is 19.4 Å². The molecule has 2 N–H and O–H groups in total. The van der Waals surface area contributed by atoms with E-state index in [1.54, 1.807) is 17.7 Å². The lowest BCUT2D eigenvalue weighted by molar-refractivity contribution is -0.703. The fourth-order valence-corrected chi connectivity index (χ4v) is 1.98. The zero-order chi connectivity index (χ0) is 16.1. The Morgan fingerprint density at radius 1 is 1.22 bits per heavy atom. The number of halogens is 2. The molecule has 0 aliphatic heterocycles. The van der Waals surface area contributed by atoms with E-state index in [1.807, 2.05) is 0 Å². The molecule has 0 bridgehead atoms. The normalized spacial score (nSPS) is 10.0. The zero-order valence-electron chi connectivity index (χ0n) is 12.5. The summed E-state index contributed by atoms with van der Waals surface area (Å²) in [6.07, 6.45) is 2.19. The molecule has 1 heterocycles. The Kier molecular flexibility index (Phi) is 6.78. The molecule has 1 aromatic carbocycles. The largest absolute Gasteiger partial charge is 1.00 e. The zero-order valence-corrected chi connectivity index (χ0v) is 13.3. The maximum Gasteiger partial charge on any atom is 0.338 e. The van der Waals surface area contributed by atoms with E-state index in [2.05, 4.69) is 0 Å². The van der Waals surface area contributed by atoms with Gasteiger partial charge in [-0.3, -0.25) is 0 Å². The Bertz CT molecular complexity index is 677. The molecule has 0 fully saturated rings. The number of aromatic hydroxyl groups is 2. The summed E-state index contributed by atoms with van der Waals surface area (Å²) in [6, 6.07) is 6.54. The van der Waals surface area contributed by atoms with Crippen LogP contribution in [-0.2, 0) is 11.3 Å². The van der Waals surface area contributed by atoms with Gasteiger partial charge in [-0.1, -0.05) is 0 Å². The summed E-state index contributed by atoms with van der Waals surface area (Å²) >= 11 is 0. The Balaban J connectivity index is 0.00000264. The van der Waals surface area contributed by atoms with E-state index in [1.165, 1.54) is 30.3 Å². The minimum absolute atomic E-state index is 0. The molecule has 0 aliphatic rings. The SMILES string of the molecule is Cc1c(O)c(O)cc[n+]1CCCOC(=O)c1ccc(F)cc1.[Cl-]. The predicted molar refractivity (Wildman–Crippen MR) is 76.0 cm³/mol. The van der Waals surface area contributed by atoms with Crippen molar-refractivity contribution >= 4 is 5.97 Å². The second-order valence-corrected chi connectivity index (χ2v) is 4.82. The Hall–Kier alpha value is -2.34. The van der Waals surface area contributed by atoms with Crippen LogP contribution < -0.4 is 17.0 Å². The van der Waals surface area contributed by atoms with Gasteiger partial charge in [0.25, 0.3) is 0 Å². The van der Waals surface area contributed by atoms with E-state index in [0.29, 0.717) is 24.2 Å². The van der Waals surface area contributed by atoms with E-state index >= 15 is 0 Å². The molecule has 0 amide bonds. The van der Waals surface area contributed by atoms with Crippen LogP contribution in [0.3, 0.4) is 0 Å². The van der Waals surface area contributed by atoms with Crippen LogP contribution in [0, 0.1) is 12.7 Å². The summed E-state index contributed by atoms with van der Waals surface area (Å²) in [6.45, 7) is 2.40. The molecule has 0 unspecified atom stereocenters. The maximum absolute atomic E-state index is 12.8. The monoisotopic (exact) mass is 341 g/mol. The molecule has 1 aromatic heterocycles. The first-order chi connectivity index (χ1) is 10.5. The number of esters is 1. The third-order valence-electron chi connectivity index (χ3n) is 3.28. The number of nitrogens with zero attached hydrogens (tertiary/aromatic N) is 1. The van der Waals surface area contributed by atoms with Crippen molar-refractivity contribution in [3.05, 3.63) is 53.6 Å². The predicted octanol–water partition coefficient (Wildman–Crippen LogP) is -0.916. The Morgan fingerprint density at radius 3 is 2.52 bits per heavy atom. The van der Waals surface area contributed by atoms with Crippen LogP contribution in [0.2, 0.25) is 0 Å². The summed E-state index contributed by atoms with van der Waals surface area (Å²) in [5.41, 5.74) is 0.831. The highest BCUT2D eigenvalue weighted by Gasteiger charge is 2.15. The first-order valence-electron chi connectivity index (χ1n) is 6.82. The molecule has 0 atom stereocenters. The number of pyridine rings is 1. The highest BCUT2D eigenvalue weighted by Crippen LogP contribution is 2.24. The lowest BCUT2D eigenvalue weighted by Crippen LogP contribution is -3.00. The van der Waals surface area contributed by atoms with Crippen LogP contribution in [0.25, 0.3) is 0 Å². The number of benzene rings is 1. The van der Waals surface area contributed by atoms with E-state index < -0.39 is 11.8 Å². The lowest BCUT2D eigenvalue weighted by Gasteiger charge is -2.05. The lowest BCUT2D eigenvalue weighted by atomic mass is 10.2. The molecule has 7 heteroatoms. The number of carbonyl (C=O) groups excluding carboxylic acids is 1. The van der Waals surface area contributed by atoms with Crippen molar-refractivity contribution in [1.29, 1.82) is 0 Å². The van der Waals surface area contributed by atoms with Crippen LogP contribution in [0.5, 0.6) is 11.5 Å². The Morgan fingerprint density at radius 2 is 1.87 bits per heavy atom. The van der Waals surface area contributed by atoms with E-state index in [9.17, 15) is 19.4 Å². The first-order valence-corrected chi connectivity index (χ1v) is 6.82. The van der Waals surface area contributed by atoms with Crippen molar-refractivity contribution in [1.82, 2.24) is 0 Å². The van der Waals surface area contributed by atoms with Gasteiger partial charge >= 0.3 is 5.97 Å². The van der Waals surface area contributed by atoms with Crippen LogP contribution in [0.1, 0.15) is 22.5 Å². The summed E-state index contributed by atoms with van der Waals surface area (Å²) in [7, 11) is 0. The summed E-state index contributed by atoms with van der Waals surface area (Å²) < 4.78 is 19.6. The number of aromatic nitrogens is 1. The van der Waals surface area contributed by atoms with Gasteiger partial charge in [-0.25, -0.2) is 9.18 Å². The first kappa shape index (κ1) is 18.7. The number of carbonyl (C=O) groups is 1. The number of hydrogen-bond acceptors (Lipinski definition) is 4. The van der Waals surface area contributed by atoms with Gasteiger partial charge < -0.3 is 27.4 Å². The molecule has 2 rings (SSSR count). The maximum atomic E-state index is 12.8. The minimum atomic E-state index is -0.504.